The van der Waals surface area contributed by atoms with E-state index in [4.69, 9.17) is 39.5 Å². The number of rotatable bonds is 3. The Balaban J connectivity index is 2.04. The maximum Gasteiger partial charge on any atom is 0.250 e. The van der Waals surface area contributed by atoms with Gasteiger partial charge in [0.15, 0.2) is 11.6 Å². The molecule has 1 aromatic carbocycles. The second-order valence-corrected chi connectivity index (χ2v) is 8.08. The number of nitrogens with zero attached hydrogens (tertiary/aromatic N) is 5. The van der Waals surface area contributed by atoms with Crippen molar-refractivity contribution in [2.75, 3.05) is 45.2 Å². The lowest BCUT2D eigenvalue weighted by atomic mass is 10.2. The molecule has 0 saturated carbocycles. The summed E-state index contributed by atoms with van der Waals surface area (Å²) in [5.74, 6) is 1.78. The molecule has 1 aliphatic rings. The Bertz CT molecular complexity index is 745. The van der Waals surface area contributed by atoms with E-state index in [1.54, 1.807) is 7.11 Å². The molecule has 0 aliphatic carbocycles. The van der Waals surface area contributed by atoms with Crippen LogP contribution < -0.4 is 9.64 Å². The molecule has 1 saturated heterocycles. The molecule has 0 atom stereocenters. The van der Waals surface area contributed by atoms with E-state index < -0.39 is 3.79 Å². The molecular weight excluding hydrogens is 385 g/mol. The van der Waals surface area contributed by atoms with Crippen molar-refractivity contribution in [3.05, 3.63) is 30.1 Å². The SMILES string of the molecule is COc1cccc(-c2nc(N3CCN(C)CC3)nc(C(Cl)(Cl)Cl)n2)c1. The number of hydrogen-bond donors (Lipinski definition) is 0. The molecule has 0 N–H and O–H groups in total. The Kier molecular flexibility index (Phi) is 5.53. The first kappa shape index (κ1) is 18.5. The zero-order valence-electron chi connectivity index (χ0n) is 13.9. The minimum atomic E-state index is -1.72. The maximum absolute atomic E-state index is 6.04. The number of aromatic nitrogens is 3. The molecule has 134 valence electrons. The fraction of sp³-hybridized carbons (Fsp3) is 0.438. The van der Waals surface area contributed by atoms with Gasteiger partial charge in [-0.25, -0.2) is 4.98 Å². The fourth-order valence-electron chi connectivity index (χ4n) is 2.53. The van der Waals surface area contributed by atoms with Gasteiger partial charge in [0, 0.05) is 31.7 Å². The molecule has 1 fully saturated rings. The minimum absolute atomic E-state index is 0.110. The predicted octanol–water partition coefficient (Wildman–Crippen LogP) is 3.13. The van der Waals surface area contributed by atoms with E-state index >= 15 is 0 Å². The lowest BCUT2D eigenvalue weighted by Crippen LogP contribution is -2.45. The molecule has 25 heavy (non-hydrogen) atoms. The van der Waals surface area contributed by atoms with Crippen molar-refractivity contribution in [1.82, 2.24) is 19.9 Å². The zero-order valence-corrected chi connectivity index (χ0v) is 16.2. The van der Waals surface area contributed by atoms with Gasteiger partial charge in [0.05, 0.1) is 7.11 Å². The summed E-state index contributed by atoms with van der Waals surface area (Å²) < 4.78 is 3.54. The highest BCUT2D eigenvalue weighted by Crippen LogP contribution is 2.37. The van der Waals surface area contributed by atoms with Crippen LogP contribution in [0.25, 0.3) is 11.4 Å². The highest BCUT2D eigenvalue weighted by atomic mass is 35.6. The van der Waals surface area contributed by atoms with Crippen molar-refractivity contribution in [1.29, 1.82) is 0 Å². The molecule has 0 amide bonds. The summed E-state index contributed by atoms with van der Waals surface area (Å²) in [5, 5.41) is 0. The molecule has 0 unspecified atom stereocenters. The van der Waals surface area contributed by atoms with Gasteiger partial charge in [-0.2, -0.15) is 9.97 Å². The van der Waals surface area contributed by atoms with Crippen LogP contribution in [0.2, 0.25) is 0 Å². The monoisotopic (exact) mass is 401 g/mol. The maximum atomic E-state index is 6.04. The van der Waals surface area contributed by atoms with Crippen LogP contribution in [-0.4, -0.2) is 60.2 Å². The number of anilines is 1. The second kappa shape index (κ2) is 7.50. The standard InChI is InChI=1S/C16H18Cl3N5O/c1-23-6-8-24(9-7-23)15-21-13(20-14(22-15)16(17,18)19)11-4-3-5-12(10-11)25-2/h3-5,10H,6-9H2,1-2H3. The van der Waals surface area contributed by atoms with Gasteiger partial charge in [0.2, 0.25) is 9.74 Å². The molecule has 0 radical (unpaired) electrons. The molecule has 1 aromatic heterocycles. The van der Waals surface area contributed by atoms with E-state index in [-0.39, 0.29) is 5.82 Å². The highest BCUT2D eigenvalue weighted by Gasteiger charge is 2.30. The first-order valence-electron chi connectivity index (χ1n) is 7.78. The molecule has 0 bridgehead atoms. The largest absolute Gasteiger partial charge is 0.497 e. The number of likely N-dealkylation sites (N-methyl/N-ethyl adjacent to an activating group) is 1. The Labute approximate surface area is 161 Å². The topological polar surface area (TPSA) is 54.4 Å². The van der Waals surface area contributed by atoms with Crippen molar-refractivity contribution < 1.29 is 4.74 Å². The van der Waals surface area contributed by atoms with Crippen molar-refractivity contribution >= 4 is 40.8 Å². The third-order valence-electron chi connectivity index (χ3n) is 3.99. The summed E-state index contributed by atoms with van der Waals surface area (Å²) in [6, 6.07) is 7.43. The van der Waals surface area contributed by atoms with E-state index in [2.05, 4.69) is 31.8 Å². The van der Waals surface area contributed by atoms with Crippen molar-refractivity contribution in [3.8, 4) is 17.1 Å². The first-order chi connectivity index (χ1) is 11.9. The average Bonchev–Trinajstić information content (AvgIpc) is 2.61. The minimum Gasteiger partial charge on any atom is -0.497 e. The van der Waals surface area contributed by atoms with Gasteiger partial charge in [-0.1, -0.05) is 46.9 Å². The first-order valence-corrected chi connectivity index (χ1v) is 8.91. The summed E-state index contributed by atoms with van der Waals surface area (Å²) in [6.07, 6.45) is 0. The summed E-state index contributed by atoms with van der Waals surface area (Å²) in [6.45, 7) is 3.45. The zero-order chi connectivity index (χ0) is 18.0. The highest BCUT2D eigenvalue weighted by molar-refractivity contribution is 6.66. The van der Waals surface area contributed by atoms with Crippen molar-refractivity contribution in [2.45, 2.75) is 3.79 Å². The third kappa shape index (κ3) is 4.44. The van der Waals surface area contributed by atoms with E-state index in [1.165, 1.54) is 0 Å². The molecule has 9 heteroatoms. The van der Waals surface area contributed by atoms with E-state index in [9.17, 15) is 0 Å². The summed E-state index contributed by atoms with van der Waals surface area (Å²) in [7, 11) is 3.69. The van der Waals surface area contributed by atoms with Crippen LogP contribution in [0.4, 0.5) is 5.95 Å². The van der Waals surface area contributed by atoms with Gasteiger partial charge in [0.25, 0.3) is 0 Å². The Morgan fingerprint density at radius 1 is 1.04 bits per heavy atom. The number of methoxy groups -OCH3 is 1. The molecular formula is C16H18Cl3N5O. The second-order valence-electron chi connectivity index (χ2n) is 5.80. The van der Waals surface area contributed by atoms with Crippen molar-refractivity contribution in [3.63, 3.8) is 0 Å². The quantitative estimate of drug-likeness (QED) is 0.735. The summed E-state index contributed by atoms with van der Waals surface area (Å²) in [4.78, 5) is 17.6. The summed E-state index contributed by atoms with van der Waals surface area (Å²) >= 11 is 18.1. The van der Waals surface area contributed by atoms with Gasteiger partial charge in [-0.15, -0.1) is 0 Å². The lowest BCUT2D eigenvalue weighted by molar-refractivity contribution is 0.311. The Morgan fingerprint density at radius 2 is 1.76 bits per heavy atom. The number of benzene rings is 1. The normalized spacial score (nSPS) is 16.1. The number of ether oxygens (including phenoxy) is 1. The van der Waals surface area contributed by atoms with E-state index in [1.807, 2.05) is 24.3 Å². The van der Waals surface area contributed by atoms with Gasteiger partial charge in [-0.05, 0) is 19.2 Å². The van der Waals surface area contributed by atoms with Gasteiger partial charge < -0.3 is 14.5 Å². The molecule has 0 spiro atoms. The Morgan fingerprint density at radius 3 is 2.40 bits per heavy atom. The molecule has 2 heterocycles. The van der Waals surface area contributed by atoms with Crippen LogP contribution in [0.15, 0.2) is 24.3 Å². The fourth-order valence-corrected chi connectivity index (χ4v) is 2.78. The number of piperazine rings is 1. The van der Waals surface area contributed by atoms with Crippen LogP contribution in [0.1, 0.15) is 5.82 Å². The van der Waals surface area contributed by atoms with E-state index in [0.717, 1.165) is 31.7 Å². The smallest absolute Gasteiger partial charge is 0.250 e. The van der Waals surface area contributed by atoms with E-state index in [0.29, 0.717) is 17.5 Å². The third-order valence-corrected chi connectivity index (χ3v) is 4.50. The number of halogens is 3. The predicted molar refractivity (Wildman–Crippen MR) is 101 cm³/mol. The summed E-state index contributed by atoms with van der Waals surface area (Å²) in [5.41, 5.74) is 0.771. The van der Waals surface area contributed by atoms with Gasteiger partial charge in [-0.3, -0.25) is 0 Å². The molecule has 3 rings (SSSR count). The Hall–Kier alpha value is -1.34. The van der Waals surface area contributed by atoms with Crippen LogP contribution >= 0.6 is 34.8 Å². The average molecular weight is 403 g/mol. The number of hydrogen-bond acceptors (Lipinski definition) is 6. The molecule has 2 aromatic rings. The van der Waals surface area contributed by atoms with Crippen LogP contribution in [-0.2, 0) is 3.79 Å². The number of alkyl halides is 3. The molecule has 1 aliphatic heterocycles. The van der Waals surface area contributed by atoms with Crippen LogP contribution in [0.5, 0.6) is 5.75 Å². The molecule has 6 nitrogen and oxygen atoms in total. The van der Waals surface area contributed by atoms with Crippen molar-refractivity contribution in [2.24, 2.45) is 0 Å². The van der Waals surface area contributed by atoms with Crippen LogP contribution in [0.3, 0.4) is 0 Å². The van der Waals surface area contributed by atoms with Gasteiger partial charge >= 0.3 is 0 Å². The van der Waals surface area contributed by atoms with Gasteiger partial charge in [0.1, 0.15) is 5.75 Å². The van der Waals surface area contributed by atoms with Crippen LogP contribution in [0, 0.1) is 0 Å². The lowest BCUT2D eigenvalue weighted by Gasteiger charge is -2.32.